The number of hydrogen-bond donors (Lipinski definition) is 0. The van der Waals surface area contributed by atoms with Crippen LogP contribution in [0, 0.1) is 0 Å². The van der Waals surface area contributed by atoms with Crippen LogP contribution in [0.4, 0.5) is 0 Å². The summed E-state index contributed by atoms with van der Waals surface area (Å²) in [6.07, 6.45) is 2.34. The predicted molar refractivity (Wildman–Crippen MR) is 108 cm³/mol. The molecule has 1 saturated carbocycles. The molecule has 1 aliphatic carbocycles. The van der Waals surface area contributed by atoms with Crippen molar-refractivity contribution in [2.45, 2.75) is 29.7 Å². The molecule has 2 aromatic carbocycles. The van der Waals surface area contributed by atoms with Crippen LogP contribution in [0.5, 0.6) is 0 Å². The highest BCUT2D eigenvalue weighted by molar-refractivity contribution is 7.98. The molecule has 2 aromatic heterocycles. The third-order valence-electron chi connectivity index (χ3n) is 4.45. The molecule has 0 bridgehead atoms. The molecule has 6 nitrogen and oxygen atoms in total. The number of hydrogen-bond acceptors (Lipinski definition) is 6. The summed E-state index contributed by atoms with van der Waals surface area (Å²) in [5, 5.41) is 10.1. The van der Waals surface area contributed by atoms with E-state index in [4.69, 9.17) is 26.2 Å². The minimum Gasteiger partial charge on any atom is -0.338 e. The quantitative estimate of drug-likeness (QED) is 0.410. The lowest BCUT2D eigenvalue weighted by molar-refractivity contribution is 0.391. The Labute approximate surface area is 170 Å². The number of para-hydroxylation sites is 1. The van der Waals surface area contributed by atoms with Crippen molar-refractivity contribution in [2.24, 2.45) is 0 Å². The molecule has 0 radical (unpaired) electrons. The standard InChI is InChI=1S/C20H16ClN5OS/c21-15-10-8-13(9-11-15)18-22-17(27-25-18)12-28-20-23-19(14-6-7-14)26(24-20)16-4-2-1-3-5-16/h1-5,8-11,14H,6-7,12H2. The van der Waals surface area contributed by atoms with E-state index in [0.29, 0.717) is 28.4 Å². The van der Waals surface area contributed by atoms with E-state index >= 15 is 0 Å². The third kappa shape index (κ3) is 3.68. The van der Waals surface area contributed by atoms with Gasteiger partial charge in [-0.15, -0.1) is 5.10 Å². The fourth-order valence-corrected chi connectivity index (χ4v) is 3.68. The summed E-state index contributed by atoms with van der Waals surface area (Å²) in [5.74, 6) is 3.14. The first-order valence-corrected chi connectivity index (χ1v) is 10.4. The molecule has 0 atom stereocenters. The molecule has 4 aromatic rings. The van der Waals surface area contributed by atoms with E-state index in [1.54, 1.807) is 12.1 Å². The Hall–Kier alpha value is -2.64. The Balaban J connectivity index is 1.33. The van der Waals surface area contributed by atoms with Crippen molar-refractivity contribution in [3.63, 3.8) is 0 Å². The van der Waals surface area contributed by atoms with Crippen LogP contribution in [0.25, 0.3) is 17.1 Å². The van der Waals surface area contributed by atoms with Crippen molar-refractivity contribution in [3.8, 4) is 17.1 Å². The lowest BCUT2D eigenvalue weighted by atomic mass is 10.2. The van der Waals surface area contributed by atoms with Crippen LogP contribution in [0.15, 0.2) is 64.3 Å². The van der Waals surface area contributed by atoms with Gasteiger partial charge in [0.15, 0.2) is 0 Å². The zero-order valence-corrected chi connectivity index (χ0v) is 16.4. The van der Waals surface area contributed by atoms with Crippen LogP contribution in [0.2, 0.25) is 5.02 Å². The van der Waals surface area contributed by atoms with Crippen LogP contribution in [0.3, 0.4) is 0 Å². The maximum absolute atomic E-state index is 5.92. The van der Waals surface area contributed by atoms with Crippen molar-refractivity contribution in [3.05, 3.63) is 71.3 Å². The summed E-state index contributed by atoms with van der Waals surface area (Å²) in [6, 6.07) is 17.5. The fourth-order valence-electron chi connectivity index (χ4n) is 2.89. The van der Waals surface area contributed by atoms with Crippen molar-refractivity contribution in [2.75, 3.05) is 0 Å². The highest BCUT2D eigenvalue weighted by atomic mass is 35.5. The molecule has 8 heteroatoms. The number of benzene rings is 2. The molecule has 2 heterocycles. The number of halogens is 1. The highest BCUT2D eigenvalue weighted by Crippen LogP contribution is 2.40. The second-order valence-corrected chi connectivity index (χ2v) is 7.96. The highest BCUT2D eigenvalue weighted by Gasteiger charge is 2.30. The lowest BCUT2D eigenvalue weighted by Gasteiger charge is -2.03. The smallest absolute Gasteiger partial charge is 0.237 e. The maximum Gasteiger partial charge on any atom is 0.237 e. The lowest BCUT2D eigenvalue weighted by Crippen LogP contribution is -2.01. The normalized spacial score (nSPS) is 13.8. The first-order valence-electron chi connectivity index (χ1n) is 9.00. The van der Waals surface area contributed by atoms with Gasteiger partial charge in [0.1, 0.15) is 5.82 Å². The third-order valence-corrected chi connectivity index (χ3v) is 5.53. The van der Waals surface area contributed by atoms with E-state index in [-0.39, 0.29) is 0 Å². The van der Waals surface area contributed by atoms with E-state index in [2.05, 4.69) is 10.1 Å². The summed E-state index contributed by atoms with van der Waals surface area (Å²) in [4.78, 5) is 9.20. The van der Waals surface area contributed by atoms with E-state index in [1.165, 1.54) is 24.6 Å². The second-order valence-electron chi connectivity index (χ2n) is 6.58. The first-order chi connectivity index (χ1) is 13.8. The van der Waals surface area contributed by atoms with Gasteiger partial charge in [-0.05, 0) is 49.2 Å². The summed E-state index contributed by atoms with van der Waals surface area (Å²) in [7, 11) is 0. The van der Waals surface area contributed by atoms with Gasteiger partial charge in [0.05, 0.1) is 11.4 Å². The van der Waals surface area contributed by atoms with Gasteiger partial charge in [-0.25, -0.2) is 9.67 Å². The van der Waals surface area contributed by atoms with Gasteiger partial charge < -0.3 is 4.52 Å². The van der Waals surface area contributed by atoms with Gasteiger partial charge in [-0.1, -0.05) is 46.7 Å². The van der Waals surface area contributed by atoms with Crippen molar-refractivity contribution in [1.29, 1.82) is 0 Å². The van der Waals surface area contributed by atoms with Crippen molar-refractivity contribution < 1.29 is 4.52 Å². The summed E-state index contributed by atoms with van der Waals surface area (Å²) < 4.78 is 7.33. The first kappa shape index (κ1) is 17.5. The van der Waals surface area contributed by atoms with Gasteiger partial charge >= 0.3 is 0 Å². The van der Waals surface area contributed by atoms with Gasteiger partial charge in [0.25, 0.3) is 0 Å². The van der Waals surface area contributed by atoms with E-state index < -0.39 is 0 Å². The molecule has 140 valence electrons. The maximum atomic E-state index is 5.92. The monoisotopic (exact) mass is 409 g/mol. The predicted octanol–water partition coefficient (Wildman–Crippen LogP) is 5.14. The minimum atomic E-state index is 0.502. The average Bonchev–Trinajstić information content (AvgIpc) is 3.31. The Bertz CT molecular complexity index is 1090. The van der Waals surface area contributed by atoms with Crippen LogP contribution in [-0.2, 0) is 5.75 Å². The molecule has 0 saturated heterocycles. The fraction of sp³-hybridized carbons (Fsp3) is 0.200. The van der Waals surface area contributed by atoms with Crippen molar-refractivity contribution in [1.82, 2.24) is 24.9 Å². The Morgan fingerprint density at radius 3 is 2.57 bits per heavy atom. The summed E-state index contributed by atoms with van der Waals surface area (Å²) in [6.45, 7) is 0. The SMILES string of the molecule is Clc1ccc(-c2noc(CSc3nc(C4CC4)n(-c4ccccc4)n3)n2)cc1. The van der Waals surface area contributed by atoms with Crippen LogP contribution in [0.1, 0.15) is 30.5 Å². The molecular weight excluding hydrogens is 394 g/mol. The average molecular weight is 410 g/mol. The molecule has 28 heavy (non-hydrogen) atoms. The molecule has 0 spiro atoms. The number of rotatable bonds is 6. The van der Waals surface area contributed by atoms with E-state index in [0.717, 1.165) is 22.2 Å². The van der Waals surface area contributed by atoms with Gasteiger partial charge in [0, 0.05) is 16.5 Å². The minimum absolute atomic E-state index is 0.502. The van der Waals surface area contributed by atoms with Crippen molar-refractivity contribution >= 4 is 23.4 Å². The number of aromatic nitrogens is 5. The van der Waals surface area contributed by atoms with Crippen LogP contribution in [-0.4, -0.2) is 24.9 Å². The molecule has 1 fully saturated rings. The van der Waals surface area contributed by atoms with Gasteiger partial charge in [0.2, 0.25) is 16.9 Å². The molecular formula is C20H16ClN5OS. The largest absolute Gasteiger partial charge is 0.338 e. The van der Waals surface area contributed by atoms with E-state index in [9.17, 15) is 0 Å². The topological polar surface area (TPSA) is 69.6 Å². The zero-order chi connectivity index (χ0) is 18.9. The number of thioether (sulfide) groups is 1. The summed E-state index contributed by atoms with van der Waals surface area (Å²) >= 11 is 7.42. The van der Waals surface area contributed by atoms with E-state index in [1.807, 2.05) is 47.1 Å². The Morgan fingerprint density at radius 1 is 1.04 bits per heavy atom. The molecule has 1 aliphatic rings. The molecule has 0 aliphatic heterocycles. The van der Waals surface area contributed by atoms with Crippen LogP contribution < -0.4 is 0 Å². The molecule has 5 rings (SSSR count). The number of nitrogens with zero attached hydrogens (tertiary/aromatic N) is 5. The van der Waals surface area contributed by atoms with Gasteiger partial charge in [-0.3, -0.25) is 0 Å². The Morgan fingerprint density at radius 2 is 1.82 bits per heavy atom. The molecule has 0 N–H and O–H groups in total. The second kappa shape index (κ2) is 7.41. The van der Waals surface area contributed by atoms with Gasteiger partial charge in [-0.2, -0.15) is 4.98 Å². The molecule has 0 unspecified atom stereocenters. The molecule has 0 amide bonds. The van der Waals surface area contributed by atoms with Crippen LogP contribution >= 0.6 is 23.4 Å². The summed E-state index contributed by atoms with van der Waals surface area (Å²) in [5.41, 5.74) is 1.90. The zero-order valence-electron chi connectivity index (χ0n) is 14.8. The Kier molecular flexibility index (Phi) is 4.62.